The molecule has 0 amide bonds. The largest absolute Gasteiger partial charge is 0.383 e. The van der Waals surface area contributed by atoms with Gasteiger partial charge in [-0.25, -0.2) is 0 Å². The molecular weight excluding hydrogens is 636 g/mol. The summed E-state index contributed by atoms with van der Waals surface area (Å²) < 4.78 is 0. The van der Waals surface area contributed by atoms with Gasteiger partial charge in [-0.05, 0) is 141 Å². The van der Waals surface area contributed by atoms with Crippen LogP contribution in [0.3, 0.4) is 0 Å². The van der Waals surface area contributed by atoms with Crippen molar-refractivity contribution in [1.82, 2.24) is 0 Å². The normalized spacial score (nSPS) is 22.6. The Morgan fingerprint density at radius 3 is 1.80 bits per heavy atom. The minimum Gasteiger partial charge on any atom is -0.383 e. The molecule has 0 heterocycles. The summed E-state index contributed by atoms with van der Waals surface area (Å²) in [7, 11) is 0. The average Bonchev–Trinajstić information content (AvgIpc) is 3.41. The fourth-order valence-corrected chi connectivity index (χ4v) is 9.26. The summed E-state index contributed by atoms with van der Waals surface area (Å²) in [5.74, 6) is -0.491. The van der Waals surface area contributed by atoms with Gasteiger partial charge in [0.05, 0.1) is 0 Å². The molecule has 6 nitrogen and oxygen atoms in total. The van der Waals surface area contributed by atoms with Gasteiger partial charge in [0.2, 0.25) is 0 Å². The summed E-state index contributed by atoms with van der Waals surface area (Å²) in [4.78, 5) is 39.3. The third kappa shape index (κ3) is 7.70. The topological polar surface area (TPSA) is 112 Å². The zero-order chi connectivity index (χ0) is 38.1. The minimum absolute atomic E-state index is 0.111. The first-order chi connectivity index (χ1) is 23.2. The van der Waals surface area contributed by atoms with Crippen LogP contribution in [0.25, 0.3) is 0 Å². The summed E-state index contributed by atoms with van der Waals surface area (Å²) in [6.45, 7) is 20.5. The zero-order valence-electron chi connectivity index (χ0n) is 32.5. The molecule has 4 atom stereocenters. The van der Waals surface area contributed by atoms with Crippen LogP contribution in [0.2, 0.25) is 0 Å². The lowest BCUT2D eigenvalue weighted by atomic mass is 9.63. The van der Waals surface area contributed by atoms with E-state index in [1.54, 1.807) is 0 Å². The number of carbonyl (C=O) groups excluding carboxylic acids is 3. The minimum atomic E-state index is -1.48. The van der Waals surface area contributed by atoms with Gasteiger partial charge >= 0.3 is 0 Å². The van der Waals surface area contributed by atoms with Crippen LogP contribution in [0, 0.1) is 0 Å². The van der Waals surface area contributed by atoms with Crippen LogP contribution in [0.4, 0.5) is 0 Å². The van der Waals surface area contributed by atoms with Crippen molar-refractivity contribution >= 4 is 17.3 Å². The Bertz CT molecular complexity index is 1860. The third-order valence-corrected chi connectivity index (χ3v) is 11.8. The van der Waals surface area contributed by atoms with E-state index >= 15 is 0 Å². The van der Waals surface area contributed by atoms with Crippen LogP contribution in [-0.4, -0.2) is 49.5 Å². The molecule has 0 aromatic heterocycles. The molecule has 51 heavy (non-hydrogen) atoms. The van der Waals surface area contributed by atoms with Crippen LogP contribution < -0.4 is 0 Å². The molecule has 2 aliphatic carbocycles. The molecule has 0 bridgehead atoms. The summed E-state index contributed by atoms with van der Waals surface area (Å²) in [6.07, 6.45) is 3.52. The highest BCUT2D eigenvalue weighted by molar-refractivity contribution is 6.02. The van der Waals surface area contributed by atoms with E-state index in [4.69, 9.17) is 0 Å². The lowest BCUT2D eigenvalue weighted by Gasteiger charge is -2.41. The summed E-state index contributed by atoms with van der Waals surface area (Å²) in [6, 6.07) is 20.1. The molecule has 274 valence electrons. The lowest BCUT2D eigenvalue weighted by molar-refractivity contribution is -0.133. The van der Waals surface area contributed by atoms with Crippen molar-refractivity contribution in [3.63, 3.8) is 0 Å². The first kappa shape index (κ1) is 38.8. The van der Waals surface area contributed by atoms with E-state index in [1.807, 2.05) is 36.4 Å². The van der Waals surface area contributed by atoms with Crippen LogP contribution in [0.1, 0.15) is 168 Å². The highest BCUT2D eigenvalue weighted by atomic mass is 16.3. The van der Waals surface area contributed by atoms with Crippen LogP contribution >= 0.6 is 0 Å². The van der Waals surface area contributed by atoms with E-state index in [1.165, 1.54) is 52.7 Å². The SMILES string of the molecule is CC1CC(C)(CC(C)(CC2CC(C)(C)c3ccc(C(=O)C(C)(C)O)cc32)c2cccc(CC(=O)C(C)(C)O)c2)c2ccc(C(=O)C(C)(C)O)cc21. The van der Waals surface area contributed by atoms with Crippen LogP contribution in [-0.2, 0) is 27.5 Å². The highest BCUT2D eigenvalue weighted by Crippen LogP contribution is 2.56. The average molecular weight is 695 g/mol. The van der Waals surface area contributed by atoms with Crippen molar-refractivity contribution in [2.45, 2.75) is 153 Å². The molecule has 0 aliphatic heterocycles. The molecule has 0 saturated carbocycles. The van der Waals surface area contributed by atoms with Crippen molar-refractivity contribution in [2.24, 2.45) is 0 Å². The predicted octanol–water partition coefficient (Wildman–Crippen LogP) is 8.44. The molecule has 5 rings (SSSR count). The number of hydrogen-bond acceptors (Lipinski definition) is 6. The third-order valence-electron chi connectivity index (χ3n) is 11.8. The monoisotopic (exact) mass is 694 g/mol. The van der Waals surface area contributed by atoms with Crippen LogP contribution in [0.5, 0.6) is 0 Å². The Balaban J connectivity index is 1.61. The van der Waals surface area contributed by atoms with E-state index in [0.29, 0.717) is 11.1 Å². The number of aliphatic hydroxyl groups is 3. The maximum absolute atomic E-state index is 13.2. The van der Waals surface area contributed by atoms with Gasteiger partial charge < -0.3 is 15.3 Å². The van der Waals surface area contributed by atoms with E-state index < -0.39 is 16.8 Å². The molecule has 0 radical (unpaired) electrons. The Morgan fingerprint density at radius 1 is 0.706 bits per heavy atom. The first-order valence-corrected chi connectivity index (χ1v) is 18.4. The molecule has 3 aromatic rings. The molecule has 0 saturated heterocycles. The Morgan fingerprint density at radius 2 is 1.25 bits per heavy atom. The van der Waals surface area contributed by atoms with Crippen molar-refractivity contribution in [3.8, 4) is 0 Å². The number of carbonyl (C=O) groups is 3. The predicted molar refractivity (Wildman–Crippen MR) is 203 cm³/mol. The molecule has 0 spiro atoms. The molecule has 4 unspecified atom stereocenters. The fraction of sp³-hybridized carbons (Fsp3) is 0.533. The number of ketones is 3. The Kier molecular flexibility index (Phi) is 9.80. The summed E-state index contributed by atoms with van der Waals surface area (Å²) in [5, 5.41) is 31.5. The van der Waals surface area contributed by atoms with Crippen molar-refractivity contribution in [3.05, 3.63) is 105 Å². The standard InChI is InChI=1S/C45H58O6/c1-27-23-45(11,36-18-16-29(21-33(27)36)38(47)42(6,7)50)26-44(10,32-14-12-13-28(19-32)20-37(46)41(4,5)49)25-31-24-40(2,3)35-17-15-30(22-34(31)35)39(48)43(8,9)51/h12-19,21-22,27,31,49-51H,20,23-26H2,1-11H3. The van der Waals surface area contributed by atoms with Gasteiger partial charge in [-0.3, -0.25) is 14.4 Å². The summed E-state index contributed by atoms with van der Waals surface area (Å²) >= 11 is 0. The molecular formula is C45H58O6. The Hall–Kier alpha value is -3.45. The van der Waals surface area contributed by atoms with Crippen molar-refractivity contribution in [2.75, 3.05) is 0 Å². The number of Topliss-reactive ketones (excluding diaryl/α,β-unsaturated/α-hetero) is 3. The molecule has 3 N–H and O–H groups in total. The number of benzene rings is 3. The van der Waals surface area contributed by atoms with Gasteiger partial charge in [-0.15, -0.1) is 0 Å². The fourth-order valence-electron chi connectivity index (χ4n) is 9.26. The zero-order valence-corrected chi connectivity index (χ0v) is 32.5. The lowest BCUT2D eigenvalue weighted by Crippen LogP contribution is -2.35. The van der Waals surface area contributed by atoms with Crippen molar-refractivity contribution in [1.29, 1.82) is 0 Å². The van der Waals surface area contributed by atoms with Gasteiger partial charge in [0.15, 0.2) is 17.3 Å². The second kappa shape index (κ2) is 12.9. The molecule has 3 aromatic carbocycles. The maximum Gasteiger partial charge on any atom is 0.193 e. The molecule has 2 aliphatic rings. The second-order valence-electron chi connectivity index (χ2n) is 18.6. The van der Waals surface area contributed by atoms with Crippen LogP contribution in [0.15, 0.2) is 60.7 Å². The van der Waals surface area contributed by atoms with Crippen molar-refractivity contribution < 1.29 is 29.7 Å². The second-order valence-corrected chi connectivity index (χ2v) is 18.6. The number of hydrogen-bond donors (Lipinski definition) is 3. The highest BCUT2D eigenvalue weighted by Gasteiger charge is 2.47. The quantitative estimate of drug-likeness (QED) is 0.164. The first-order valence-electron chi connectivity index (χ1n) is 18.4. The number of rotatable bonds is 12. The maximum atomic E-state index is 13.2. The number of fused-ring (bicyclic) bond motifs is 2. The molecule has 0 fully saturated rings. The van der Waals surface area contributed by atoms with E-state index in [9.17, 15) is 29.7 Å². The Labute approximate surface area is 304 Å². The summed E-state index contributed by atoms with van der Waals surface area (Å²) in [5.41, 5.74) is 2.63. The van der Waals surface area contributed by atoms with E-state index in [0.717, 1.165) is 47.9 Å². The van der Waals surface area contributed by atoms with Gasteiger partial charge in [-0.2, -0.15) is 0 Å². The molecule has 6 heteroatoms. The van der Waals surface area contributed by atoms with Gasteiger partial charge in [0.1, 0.15) is 16.8 Å². The smallest absolute Gasteiger partial charge is 0.193 e. The van der Waals surface area contributed by atoms with E-state index in [2.05, 4.69) is 58.9 Å². The van der Waals surface area contributed by atoms with Gasteiger partial charge in [-0.1, -0.05) is 83.1 Å². The van der Waals surface area contributed by atoms with Gasteiger partial charge in [0, 0.05) is 17.5 Å². The van der Waals surface area contributed by atoms with Gasteiger partial charge in [0.25, 0.3) is 0 Å². The van der Waals surface area contributed by atoms with E-state index in [-0.39, 0.29) is 51.9 Å².